The summed E-state index contributed by atoms with van der Waals surface area (Å²) >= 11 is 5.99. The van der Waals surface area contributed by atoms with Crippen molar-refractivity contribution in [2.45, 2.75) is 6.42 Å². The third-order valence-electron chi connectivity index (χ3n) is 5.05. The zero-order valence-electron chi connectivity index (χ0n) is 17.4. The standard InChI is InChI=1S/C22H26ClFN4O3/c1-31-20-7-2-16(23)14-19(20)26-21(29)8-9-27-10-12-28(13-11-27)15-22(30)25-18-5-3-17(24)4-6-18/h2-7,14H,8-13,15H2,1H3,(H,25,30)(H,26,29). The molecule has 9 heteroatoms. The first kappa shape index (κ1) is 23.0. The minimum Gasteiger partial charge on any atom is -0.495 e. The lowest BCUT2D eigenvalue weighted by molar-refractivity contribution is -0.117. The molecular formula is C22H26ClFN4O3. The fourth-order valence-corrected chi connectivity index (χ4v) is 3.53. The van der Waals surface area contributed by atoms with Gasteiger partial charge in [-0.2, -0.15) is 0 Å². The van der Waals surface area contributed by atoms with Gasteiger partial charge in [0.2, 0.25) is 11.8 Å². The van der Waals surface area contributed by atoms with Crippen LogP contribution in [0, 0.1) is 5.82 Å². The van der Waals surface area contributed by atoms with E-state index >= 15 is 0 Å². The number of carbonyl (C=O) groups excluding carboxylic acids is 2. The van der Waals surface area contributed by atoms with Crippen molar-refractivity contribution in [3.05, 3.63) is 53.3 Å². The Bertz CT molecular complexity index is 902. The van der Waals surface area contributed by atoms with Crippen LogP contribution in [0.5, 0.6) is 5.75 Å². The molecule has 1 heterocycles. The largest absolute Gasteiger partial charge is 0.495 e. The van der Waals surface area contributed by atoms with Crippen molar-refractivity contribution in [1.82, 2.24) is 9.80 Å². The fraction of sp³-hybridized carbons (Fsp3) is 0.364. The monoisotopic (exact) mass is 448 g/mol. The number of nitrogens with zero attached hydrogens (tertiary/aromatic N) is 2. The van der Waals surface area contributed by atoms with Gasteiger partial charge in [-0.1, -0.05) is 11.6 Å². The topological polar surface area (TPSA) is 73.9 Å². The van der Waals surface area contributed by atoms with E-state index in [0.29, 0.717) is 35.1 Å². The number of piperazine rings is 1. The van der Waals surface area contributed by atoms with E-state index in [0.717, 1.165) is 26.2 Å². The van der Waals surface area contributed by atoms with Crippen LogP contribution in [0.3, 0.4) is 0 Å². The molecule has 166 valence electrons. The molecule has 7 nitrogen and oxygen atoms in total. The first-order valence-corrected chi connectivity index (χ1v) is 10.4. The summed E-state index contributed by atoms with van der Waals surface area (Å²) in [5.74, 6) is -0.0173. The molecule has 31 heavy (non-hydrogen) atoms. The zero-order chi connectivity index (χ0) is 22.2. The van der Waals surface area contributed by atoms with Crippen LogP contribution in [0.4, 0.5) is 15.8 Å². The van der Waals surface area contributed by atoms with Gasteiger partial charge in [-0.3, -0.25) is 14.5 Å². The summed E-state index contributed by atoms with van der Waals surface area (Å²) in [4.78, 5) is 28.8. The van der Waals surface area contributed by atoms with Gasteiger partial charge < -0.3 is 20.3 Å². The highest BCUT2D eigenvalue weighted by molar-refractivity contribution is 6.31. The molecule has 0 atom stereocenters. The Morgan fingerprint density at radius 1 is 1.00 bits per heavy atom. The predicted molar refractivity (Wildman–Crippen MR) is 119 cm³/mol. The Morgan fingerprint density at radius 3 is 2.35 bits per heavy atom. The number of benzene rings is 2. The molecule has 2 N–H and O–H groups in total. The van der Waals surface area contributed by atoms with Crippen LogP contribution in [-0.2, 0) is 9.59 Å². The Kier molecular flexibility index (Phi) is 8.22. The van der Waals surface area contributed by atoms with Gasteiger partial charge in [-0.15, -0.1) is 0 Å². The van der Waals surface area contributed by atoms with Crippen LogP contribution in [0.2, 0.25) is 5.02 Å². The Balaban J connectivity index is 1.37. The van der Waals surface area contributed by atoms with Crippen molar-refractivity contribution >= 4 is 34.8 Å². The summed E-state index contributed by atoms with van der Waals surface area (Å²) in [7, 11) is 1.54. The molecule has 1 fully saturated rings. The van der Waals surface area contributed by atoms with Crippen molar-refractivity contribution in [2.24, 2.45) is 0 Å². The van der Waals surface area contributed by atoms with E-state index in [1.165, 1.54) is 31.4 Å². The number of rotatable bonds is 8. The van der Waals surface area contributed by atoms with Gasteiger partial charge in [0, 0.05) is 49.9 Å². The van der Waals surface area contributed by atoms with E-state index in [1.54, 1.807) is 18.2 Å². The van der Waals surface area contributed by atoms with Crippen LogP contribution < -0.4 is 15.4 Å². The van der Waals surface area contributed by atoms with E-state index in [1.807, 2.05) is 0 Å². The zero-order valence-corrected chi connectivity index (χ0v) is 18.1. The van der Waals surface area contributed by atoms with Gasteiger partial charge in [0.1, 0.15) is 11.6 Å². The summed E-state index contributed by atoms with van der Waals surface area (Å²) in [6.45, 7) is 3.93. The van der Waals surface area contributed by atoms with Gasteiger partial charge in [-0.05, 0) is 42.5 Å². The second-order valence-corrected chi connectivity index (χ2v) is 7.75. The Morgan fingerprint density at radius 2 is 1.68 bits per heavy atom. The van der Waals surface area contributed by atoms with Crippen molar-refractivity contribution < 1.29 is 18.7 Å². The third kappa shape index (κ3) is 7.20. The number of hydrogen-bond acceptors (Lipinski definition) is 5. The highest BCUT2D eigenvalue weighted by Gasteiger charge is 2.20. The SMILES string of the molecule is COc1ccc(Cl)cc1NC(=O)CCN1CCN(CC(=O)Nc2ccc(F)cc2)CC1. The molecule has 3 rings (SSSR count). The number of hydrogen-bond donors (Lipinski definition) is 2. The fourth-order valence-electron chi connectivity index (χ4n) is 3.36. The number of methoxy groups -OCH3 is 1. The third-order valence-corrected chi connectivity index (χ3v) is 5.29. The first-order valence-electron chi connectivity index (χ1n) is 10.1. The molecule has 0 bridgehead atoms. The normalized spacial score (nSPS) is 14.8. The summed E-state index contributed by atoms with van der Waals surface area (Å²) in [6.07, 6.45) is 0.348. The van der Waals surface area contributed by atoms with Gasteiger partial charge in [0.15, 0.2) is 0 Å². The molecule has 0 aliphatic carbocycles. The summed E-state index contributed by atoms with van der Waals surface area (Å²) in [5, 5.41) is 6.14. The van der Waals surface area contributed by atoms with Crippen LogP contribution in [0.25, 0.3) is 0 Å². The van der Waals surface area contributed by atoms with Crippen LogP contribution >= 0.6 is 11.6 Å². The maximum atomic E-state index is 12.9. The second kappa shape index (κ2) is 11.1. The minimum atomic E-state index is -0.338. The van der Waals surface area contributed by atoms with Crippen molar-refractivity contribution in [3.63, 3.8) is 0 Å². The van der Waals surface area contributed by atoms with Gasteiger partial charge in [0.05, 0.1) is 19.3 Å². The average Bonchev–Trinajstić information content (AvgIpc) is 2.75. The van der Waals surface area contributed by atoms with Crippen molar-refractivity contribution in [2.75, 3.05) is 57.0 Å². The molecule has 0 radical (unpaired) electrons. The first-order chi connectivity index (χ1) is 14.9. The lowest BCUT2D eigenvalue weighted by Crippen LogP contribution is -2.49. The number of ether oxygens (including phenoxy) is 1. The smallest absolute Gasteiger partial charge is 0.238 e. The number of amides is 2. The van der Waals surface area contributed by atoms with E-state index in [2.05, 4.69) is 20.4 Å². The number of nitrogens with one attached hydrogen (secondary N) is 2. The summed E-state index contributed by atoms with van der Waals surface area (Å²) in [6, 6.07) is 10.8. The highest BCUT2D eigenvalue weighted by Crippen LogP contribution is 2.27. The molecule has 0 aromatic heterocycles. The molecule has 0 unspecified atom stereocenters. The average molecular weight is 449 g/mol. The number of carbonyl (C=O) groups is 2. The predicted octanol–water partition coefficient (Wildman–Crippen LogP) is 3.07. The van der Waals surface area contributed by atoms with Crippen molar-refractivity contribution in [3.8, 4) is 5.75 Å². The van der Waals surface area contributed by atoms with E-state index in [-0.39, 0.29) is 24.2 Å². The minimum absolute atomic E-state index is 0.110. The van der Waals surface area contributed by atoms with Gasteiger partial charge >= 0.3 is 0 Å². The van der Waals surface area contributed by atoms with Crippen molar-refractivity contribution in [1.29, 1.82) is 0 Å². The highest BCUT2D eigenvalue weighted by atomic mass is 35.5. The molecule has 0 spiro atoms. The molecule has 2 aromatic carbocycles. The molecule has 1 saturated heterocycles. The number of anilines is 2. The maximum Gasteiger partial charge on any atom is 0.238 e. The Labute approximate surface area is 186 Å². The number of halogens is 2. The quantitative estimate of drug-likeness (QED) is 0.649. The van der Waals surface area contributed by atoms with E-state index < -0.39 is 0 Å². The molecule has 1 aliphatic heterocycles. The molecular weight excluding hydrogens is 423 g/mol. The molecule has 0 saturated carbocycles. The maximum absolute atomic E-state index is 12.9. The van der Waals surface area contributed by atoms with Gasteiger partial charge in [-0.25, -0.2) is 4.39 Å². The van der Waals surface area contributed by atoms with Crippen LogP contribution in [-0.4, -0.2) is 68.0 Å². The van der Waals surface area contributed by atoms with Crippen LogP contribution in [0.1, 0.15) is 6.42 Å². The van der Waals surface area contributed by atoms with E-state index in [9.17, 15) is 14.0 Å². The summed E-state index contributed by atoms with van der Waals surface area (Å²) < 4.78 is 18.2. The molecule has 2 aromatic rings. The molecule has 2 amide bonds. The lowest BCUT2D eigenvalue weighted by Gasteiger charge is -2.34. The van der Waals surface area contributed by atoms with Crippen LogP contribution in [0.15, 0.2) is 42.5 Å². The Hall–Kier alpha value is -2.68. The van der Waals surface area contributed by atoms with E-state index in [4.69, 9.17) is 16.3 Å². The second-order valence-electron chi connectivity index (χ2n) is 7.32. The summed E-state index contributed by atoms with van der Waals surface area (Å²) in [5.41, 5.74) is 1.13. The molecule has 1 aliphatic rings. The van der Waals surface area contributed by atoms with Gasteiger partial charge in [0.25, 0.3) is 0 Å². The lowest BCUT2D eigenvalue weighted by atomic mass is 10.2.